The van der Waals surface area contributed by atoms with Gasteiger partial charge < -0.3 is 10.2 Å². The molecule has 0 aromatic heterocycles. The van der Waals surface area contributed by atoms with Crippen LogP contribution in [0.1, 0.15) is 25.3 Å². The largest absolute Gasteiger partial charge is 0.493 e. The Morgan fingerprint density at radius 2 is 1.90 bits per heavy atom. The number of halogens is 1. The number of anilines is 1. The minimum atomic E-state index is 0.636. The minimum Gasteiger partial charge on any atom is -0.493 e. The van der Waals surface area contributed by atoms with E-state index in [2.05, 4.69) is 17.8 Å². The fraction of sp³-hybridized carbons (Fsp3) is 0.294. The molecule has 21 heavy (non-hydrogen) atoms. The topological polar surface area (TPSA) is 33.3 Å². The monoisotopic (exact) mass is 304 g/mol. The first kappa shape index (κ1) is 15.7. The highest BCUT2D eigenvalue weighted by Gasteiger charge is 2.04. The predicted octanol–water partition coefficient (Wildman–Crippen LogP) is 4.64. The van der Waals surface area contributed by atoms with Crippen LogP contribution < -0.4 is 15.6 Å². The number of hydrazine groups is 1. The first-order valence-electron chi connectivity index (χ1n) is 7.24. The Morgan fingerprint density at radius 3 is 2.67 bits per heavy atom. The molecular formula is C17H21ClN2O. The number of ether oxygens (including phenoxy) is 1. The van der Waals surface area contributed by atoms with Gasteiger partial charge in [0.25, 0.3) is 0 Å². The van der Waals surface area contributed by atoms with E-state index in [1.165, 1.54) is 0 Å². The molecule has 0 amide bonds. The van der Waals surface area contributed by atoms with Crippen LogP contribution in [-0.4, -0.2) is 6.61 Å². The van der Waals surface area contributed by atoms with Gasteiger partial charge in [-0.3, -0.25) is 0 Å². The number of nitrogens with one attached hydrogen (secondary N) is 2. The van der Waals surface area contributed by atoms with Crippen molar-refractivity contribution in [2.75, 3.05) is 12.0 Å². The van der Waals surface area contributed by atoms with Crippen LogP contribution in [0.3, 0.4) is 0 Å². The van der Waals surface area contributed by atoms with Crippen LogP contribution in [0.2, 0.25) is 5.02 Å². The molecule has 4 heteroatoms. The number of para-hydroxylation sites is 1. The van der Waals surface area contributed by atoms with E-state index in [9.17, 15) is 0 Å². The summed E-state index contributed by atoms with van der Waals surface area (Å²) >= 11 is 6.07. The van der Waals surface area contributed by atoms with Gasteiger partial charge in [-0.25, -0.2) is 5.43 Å². The zero-order valence-electron chi connectivity index (χ0n) is 12.2. The third kappa shape index (κ3) is 5.29. The van der Waals surface area contributed by atoms with Gasteiger partial charge in [0.1, 0.15) is 5.75 Å². The first-order valence-corrected chi connectivity index (χ1v) is 7.62. The van der Waals surface area contributed by atoms with Crippen molar-refractivity contribution in [3.05, 3.63) is 59.1 Å². The molecule has 0 spiro atoms. The lowest BCUT2D eigenvalue weighted by Crippen LogP contribution is -2.21. The zero-order valence-corrected chi connectivity index (χ0v) is 13.0. The normalized spacial score (nSPS) is 10.4. The van der Waals surface area contributed by atoms with E-state index in [0.29, 0.717) is 11.6 Å². The highest BCUT2D eigenvalue weighted by atomic mass is 35.5. The molecule has 0 unspecified atom stereocenters. The average molecular weight is 305 g/mol. The number of unbranched alkanes of at least 4 members (excludes halogenated alkanes) is 1. The van der Waals surface area contributed by atoms with Crippen molar-refractivity contribution in [1.82, 2.24) is 5.43 Å². The molecule has 2 rings (SSSR count). The molecule has 0 fully saturated rings. The van der Waals surface area contributed by atoms with Gasteiger partial charge >= 0.3 is 0 Å². The summed E-state index contributed by atoms with van der Waals surface area (Å²) in [4.78, 5) is 0. The Balaban J connectivity index is 1.92. The highest BCUT2D eigenvalue weighted by Crippen LogP contribution is 2.23. The average Bonchev–Trinajstić information content (AvgIpc) is 2.51. The van der Waals surface area contributed by atoms with E-state index in [0.717, 1.165) is 36.4 Å². The van der Waals surface area contributed by atoms with Crippen LogP contribution >= 0.6 is 11.6 Å². The molecule has 2 aromatic rings. The Hall–Kier alpha value is -1.71. The van der Waals surface area contributed by atoms with E-state index in [-0.39, 0.29) is 0 Å². The van der Waals surface area contributed by atoms with Crippen LogP contribution in [0.4, 0.5) is 5.69 Å². The Kier molecular flexibility index (Phi) is 6.38. The van der Waals surface area contributed by atoms with E-state index < -0.39 is 0 Å². The molecule has 0 saturated heterocycles. The summed E-state index contributed by atoms with van der Waals surface area (Å²) < 4.78 is 5.81. The van der Waals surface area contributed by atoms with E-state index in [1.807, 2.05) is 48.5 Å². The second-order valence-electron chi connectivity index (χ2n) is 4.80. The molecule has 0 aliphatic carbocycles. The summed E-state index contributed by atoms with van der Waals surface area (Å²) in [6.45, 7) is 3.52. The maximum Gasteiger partial charge on any atom is 0.123 e. The van der Waals surface area contributed by atoms with Crippen LogP contribution in [-0.2, 0) is 6.54 Å². The Bertz CT molecular complexity index is 546. The molecule has 0 saturated carbocycles. The van der Waals surface area contributed by atoms with Gasteiger partial charge in [-0.15, -0.1) is 0 Å². The van der Waals surface area contributed by atoms with Crippen molar-refractivity contribution in [2.45, 2.75) is 26.3 Å². The van der Waals surface area contributed by atoms with Crippen LogP contribution in [0.25, 0.3) is 0 Å². The fourth-order valence-corrected chi connectivity index (χ4v) is 2.11. The fourth-order valence-electron chi connectivity index (χ4n) is 1.92. The van der Waals surface area contributed by atoms with Crippen LogP contribution in [0.5, 0.6) is 5.75 Å². The lowest BCUT2D eigenvalue weighted by molar-refractivity contribution is 0.306. The number of rotatable bonds is 8. The number of hydrogen-bond donors (Lipinski definition) is 2. The summed E-state index contributed by atoms with van der Waals surface area (Å²) in [6.07, 6.45) is 2.18. The van der Waals surface area contributed by atoms with Gasteiger partial charge in [0.2, 0.25) is 0 Å². The SMILES string of the molecule is CCCCOc1ccc(Cl)cc1CNNc1ccccc1. The van der Waals surface area contributed by atoms with Crippen molar-refractivity contribution in [3.8, 4) is 5.75 Å². The second-order valence-corrected chi connectivity index (χ2v) is 5.24. The van der Waals surface area contributed by atoms with Crippen molar-refractivity contribution >= 4 is 17.3 Å². The van der Waals surface area contributed by atoms with Gasteiger partial charge in [0, 0.05) is 22.8 Å². The molecular weight excluding hydrogens is 284 g/mol. The molecule has 0 aliphatic heterocycles. The summed E-state index contributed by atoms with van der Waals surface area (Å²) in [5.74, 6) is 0.884. The third-order valence-electron chi connectivity index (χ3n) is 3.06. The molecule has 112 valence electrons. The molecule has 0 heterocycles. The molecule has 0 aliphatic rings. The number of benzene rings is 2. The summed E-state index contributed by atoms with van der Waals surface area (Å²) in [7, 11) is 0. The number of hydrogen-bond acceptors (Lipinski definition) is 3. The van der Waals surface area contributed by atoms with Gasteiger partial charge in [0.15, 0.2) is 0 Å². The van der Waals surface area contributed by atoms with E-state index in [1.54, 1.807) is 0 Å². The second kappa shape index (κ2) is 8.55. The molecule has 0 bridgehead atoms. The van der Waals surface area contributed by atoms with Gasteiger partial charge in [-0.05, 0) is 36.8 Å². The minimum absolute atomic E-state index is 0.636. The quantitative estimate of drug-likeness (QED) is 0.551. The molecule has 0 radical (unpaired) electrons. The van der Waals surface area contributed by atoms with Crippen molar-refractivity contribution < 1.29 is 4.74 Å². The molecule has 2 N–H and O–H groups in total. The molecule has 0 atom stereocenters. The standard InChI is InChI=1S/C17H21ClN2O/c1-2-3-11-21-17-10-9-15(18)12-14(17)13-19-20-16-7-5-4-6-8-16/h4-10,12,19-20H,2-3,11,13H2,1H3. The highest BCUT2D eigenvalue weighted by molar-refractivity contribution is 6.30. The van der Waals surface area contributed by atoms with E-state index >= 15 is 0 Å². The lowest BCUT2D eigenvalue weighted by atomic mass is 10.2. The summed E-state index contributed by atoms with van der Waals surface area (Å²) in [6, 6.07) is 15.7. The van der Waals surface area contributed by atoms with E-state index in [4.69, 9.17) is 16.3 Å². The van der Waals surface area contributed by atoms with Crippen molar-refractivity contribution in [3.63, 3.8) is 0 Å². The van der Waals surface area contributed by atoms with Gasteiger partial charge in [-0.1, -0.05) is 43.1 Å². The third-order valence-corrected chi connectivity index (χ3v) is 3.30. The lowest BCUT2D eigenvalue weighted by Gasteiger charge is -2.13. The maximum absolute atomic E-state index is 6.07. The van der Waals surface area contributed by atoms with Crippen LogP contribution in [0, 0.1) is 0 Å². The summed E-state index contributed by atoms with van der Waals surface area (Å²) in [5, 5.41) is 0.717. The van der Waals surface area contributed by atoms with Gasteiger partial charge in [-0.2, -0.15) is 0 Å². The van der Waals surface area contributed by atoms with Crippen LogP contribution in [0.15, 0.2) is 48.5 Å². The zero-order chi connectivity index (χ0) is 14.9. The van der Waals surface area contributed by atoms with Gasteiger partial charge in [0.05, 0.1) is 6.61 Å². The molecule has 3 nitrogen and oxygen atoms in total. The van der Waals surface area contributed by atoms with Crippen molar-refractivity contribution in [2.24, 2.45) is 0 Å². The maximum atomic E-state index is 6.07. The Labute approximate surface area is 131 Å². The summed E-state index contributed by atoms with van der Waals surface area (Å²) in [5.41, 5.74) is 8.41. The Morgan fingerprint density at radius 1 is 1.10 bits per heavy atom. The smallest absolute Gasteiger partial charge is 0.123 e. The molecule has 2 aromatic carbocycles. The van der Waals surface area contributed by atoms with Crippen molar-refractivity contribution in [1.29, 1.82) is 0 Å². The first-order chi connectivity index (χ1) is 10.3. The predicted molar refractivity (Wildman–Crippen MR) is 88.8 cm³/mol.